The molecule has 25 heavy (non-hydrogen) atoms. The van der Waals surface area contributed by atoms with Crippen LogP contribution in [0.2, 0.25) is 0 Å². The third-order valence-corrected chi connectivity index (χ3v) is 4.93. The normalized spacial score (nSPS) is 21.1. The van der Waals surface area contributed by atoms with Crippen molar-refractivity contribution in [3.63, 3.8) is 0 Å². The smallest absolute Gasteiger partial charge is 0.291 e. The average molecular weight is 340 g/mol. The summed E-state index contributed by atoms with van der Waals surface area (Å²) < 4.78 is 11.8. The molecule has 130 valence electrons. The zero-order chi connectivity index (χ0) is 17.1. The number of ether oxygens (including phenoxy) is 2. The van der Waals surface area contributed by atoms with Crippen LogP contribution in [0.4, 0.5) is 0 Å². The highest BCUT2D eigenvalue weighted by Gasteiger charge is 2.54. The van der Waals surface area contributed by atoms with Crippen molar-refractivity contribution < 1.29 is 14.3 Å². The topological polar surface area (TPSA) is 77.4 Å². The van der Waals surface area contributed by atoms with Crippen LogP contribution >= 0.6 is 0 Å². The van der Waals surface area contributed by atoms with Crippen molar-refractivity contribution in [3.8, 4) is 5.75 Å². The molecule has 2 fully saturated rings. The number of hydrogen-bond donors (Lipinski definition) is 0. The molecule has 0 N–H and O–H groups in total. The molecule has 0 unspecified atom stereocenters. The van der Waals surface area contributed by atoms with Gasteiger partial charge in [-0.2, -0.15) is 0 Å². The molecule has 2 aliphatic rings. The van der Waals surface area contributed by atoms with E-state index in [2.05, 4.69) is 15.0 Å². The first kappa shape index (κ1) is 16.0. The molecule has 0 aliphatic carbocycles. The van der Waals surface area contributed by atoms with Crippen molar-refractivity contribution in [2.75, 3.05) is 26.3 Å². The quantitative estimate of drug-likeness (QED) is 0.822. The highest BCUT2D eigenvalue weighted by atomic mass is 16.5. The maximum Gasteiger partial charge on any atom is 0.291 e. The molecule has 1 atom stereocenters. The van der Waals surface area contributed by atoms with Crippen LogP contribution < -0.4 is 4.74 Å². The number of rotatable bonds is 5. The fraction of sp³-hybridized carbons (Fsp3) is 0.444. The number of carbonyl (C=O) groups is 1. The molecule has 7 nitrogen and oxygen atoms in total. The van der Waals surface area contributed by atoms with E-state index in [9.17, 15) is 4.79 Å². The maximum absolute atomic E-state index is 12.4. The van der Waals surface area contributed by atoms with Crippen molar-refractivity contribution in [2.45, 2.75) is 18.4 Å². The van der Waals surface area contributed by atoms with Gasteiger partial charge in [-0.15, -0.1) is 0 Å². The molecule has 4 heterocycles. The van der Waals surface area contributed by atoms with E-state index in [1.54, 1.807) is 35.8 Å². The number of hydrogen-bond acceptors (Lipinski definition) is 6. The fourth-order valence-electron chi connectivity index (χ4n) is 3.59. The van der Waals surface area contributed by atoms with Crippen LogP contribution in [0.5, 0.6) is 5.75 Å². The second-order valence-corrected chi connectivity index (χ2v) is 6.46. The molecule has 2 aliphatic heterocycles. The molecule has 1 spiro atoms. The maximum atomic E-state index is 12.4. The Labute approximate surface area is 146 Å². The SMILES string of the molecule is O=C(c1ncccn1)N1CC2(C1)OCC[C@H]2CCOc1cccnc1. The molecule has 2 saturated heterocycles. The summed E-state index contributed by atoms with van der Waals surface area (Å²) in [6.07, 6.45) is 8.51. The predicted octanol–water partition coefficient (Wildman–Crippen LogP) is 1.57. The Morgan fingerprint density at radius 2 is 2.12 bits per heavy atom. The Hall–Kier alpha value is -2.54. The summed E-state index contributed by atoms with van der Waals surface area (Å²) in [5.41, 5.74) is -0.233. The van der Waals surface area contributed by atoms with E-state index in [-0.39, 0.29) is 17.3 Å². The van der Waals surface area contributed by atoms with Crippen molar-refractivity contribution in [2.24, 2.45) is 5.92 Å². The standard InChI is InChI=1S/C18H20N4O3/c23-17(16-20-7-2-8-21-16)22-12-18(13-22)14(5-10-25-18)4-9-24-15-3-1-6-19-11-15/h1-3,6-8,11,14H,4-5,9-10,12-13H2/t14-/m1/s1. The largest absolute Gasteiger partial charge is 0.492 e. The summed E-state index contributed by atoms with van der Waals surface area (Å²) in [5.74, 6) is 1.28. The van der Waals surface area contributed by atoms with Crippen LogP contribution in [0.15, 0.2) is 43.0 Å². The summed E-state index contributed by atoms with van der Waals surface area (Å²) in [7, 11) is 0. The van der Waals surface area contributed by atoms with Crippen molar-refractivity contribution in [1.82, 2.24) is 19.9 Å². The van der Waals surface area contributed by atoms with Gasteiger partial charge in [0.1, 0.15) is 11.4 Å². The first-order valence-corrected chi connectivity index (χ1v) is 8.50. The summed E-state index contributed by atoms with van der Waals surface area (Å²) in [6, 6.07) is 5.46. The van der Waals surface area contributed by atoms with E-state index in [1.807, 2.05) is 12.1 Å². The summed E-state index contributed by atoms with van der Waals surface area (Å²) in [4.78, 5) is 26.2. The van der Waals surface area contributed by atoms with E-state index in [1.165, 1.54) is 0 Å². The Kier molecular flexibility index (Phi) is 4.31. The minimum atomic E-state index is -0.233. The Bertz CT molecular complexity index is 720. The van der Waals surface area contributed by atoms with Gasteiger partial charge in [-0.1, -0.05) is 0 Å². The molecule has 1 amide bonds. The molecule has 0 saturated carbocycles. The van der Waals surface area contributed by atoms with E-state index in [0.29, 0.717) is 25.6 Å². The molecule has 2 aromatic rings. The lowest BCUT2D eigenvalue weighted by Crippen LogP contribution is -2.66. The fourth-order valence-corrected chi connectivity index (χ4v) is 3.59. The molecule has 2 aromatic heterocycles. The summed E-state index contributed by atoms with van der Waals surface area (Å²) >= 11 is 0. The van der Waals surface area contributed by atoms with Crippen LogP contribution in [0.25, 0.3) is 0 Å². The van der Waals surface area contributed by atoms with Gasteiger partial charge in [0.05, 0.1) is 25.9 Å². The lowest BCUT2D eigenvalue weighted by molar-refractivity contribution is -0.119. The lowest BCUT2D eigenvalue weighted by atomic mass is 9.79. The van der Waals surface area contributed by atoms with Crippen molar-refractivity contribution >= 4 is 5.91 Å². The number of amides is 1. The van der Waals surface area contributed by atoms with Crippen LogP contribution in [-0.2, 0) is 4.74 Å². The van der Waals surface area contributed by atoms with Crippen molar-refractivity contribution in [1.29, 1.82) is 0 Å². The van der Waals surface area contributed by atoms with Crippen LogP contribution in [0.3, 0.4) is 0 Å². The third kappa shape index (κ3) is 3.19. The lowest BCUT2D eigenvalue weighted by Gasteiger charge is -2.50. The zero-order valence-corrected chi connectivity index (χ0v) is 13.9. The van der Waals surface area contributed by atoms with Crippen LogP contribution in [-0.4, -0.2) is 57.7 Å². The van der Waals surface area contributed by atoms with E-state index in [4.69, 9.17) is 9.47 Å². The van der Waals surface area contributed by atoms with Gasteiger partial charge in [0.15, 0.2) is 0 Å². The first-order valence-electron chi connectivity index (χ1n) is 8.50. The average Bonchev–Trinajstić information content (AvgIpc) is 3.05. The van der Waals surface area contributed by atoms with Gasteiger partial charge < -0.3 is 14.4 Å². The van der Waals surface area contributed by atoms with E-state index < -0.39 is 0 Å². The minimum Gasteiger partial charge on any atom is -0.492 e. The van der Waals surface area contributed by atoms with E-state index in [0.717, 1.165) is 25.2 Å². The Balaban J connectivity index is 1.31. The zero-order valence-electron chi connectivity index (χ0n) is 13.9. The van der Waals surface area contributed by atoms with Crippen LogP contribution in [0.1, 0.15) is 23.5 Å². The number of carbonyl (C=O) groups excluding carboxylic acids is 1. The molecular formula is C18H20N4O3. The van der Waals surface area contributed by atoms with Crippen LogP contribution in [0, 0.1) is 5.92 Å². The minimum absolute atomic E-state index is 0.132. The van der Waals surface area contributed by atoms with Crippen molar-refractivity contribution in [3.05, 3.63) is 48.8 Å². The predicted molar refractivity (Wildman–Crippen MR) is 89.1 cm³/mol. The van der Waals surface area contributed by atoms with Gasteiger partial charge in [-0.25, -0.2) is 9.97 Å². The van der Waals surface area contributed by atoms with Gasteiger partial charge in [-0.3, -0.25) is 9.78 Å². The second-order valence-electron chi connectivity index (χ2n) is 6.46. The number of nitrogens with zero attached hydrogens (tertiary/aromatic N) is 4. The molecular weight excluding hydrogens is 320 g/mol. The molecule has 0 aromatic carbocycles. The Morgan fingerprint density at radius 1 is 1.28 bits per heavy atom. The highest BCUT2D eigenvalue weighted by molar-refractivity contribution is 5.91. The Morgan fingerprint density at radius 3 is 2.88 bits per heavy atom. The number of pyridine rings is 1. The molecule has 0 radical (unpaired) electrons. The molecule has 0 bridgehead atoms. The number of aromatic nitrogens is 3. The highest BCUT2D eigenvalue weighted by Crippen LogP contribution is 2.42. The summed E-state index contributed by atoms with van der Waals surface area (Å²) in [6.45, 7) is 2.56. The number of likely N-dealkylation sites (tertiary alicyclic amines) is 1. The monoisotopic (exact) mass is 340 g/mol. The molecule has 7 heteroatoms. The molecule has 4 rings (SSSR count). The third-order valence-electron chi connectivity index (χ3n) is 4.93. The van der Waals surface area contributed by atoms with E-state index >= 15 is 0 Å². The van der Waals surface area contributed by atoms with Gasteiger partial charge >= 0.3 is 0 Å². The first-order chi connectivity index (χ1) is 12.3. The van der Waals surface area contributed by atoms with Gasteiger partial charge in [0.25, 0.3) is 5.91 Å². The van der Waals surface area contributed by atoms with Gasteiger partial charge in [-0.05, 0) is 37.0 Å². The van der Waals surface area contributed by atoms with Gasteiger partial charge in [0.2, 0.25) is 5.82 Å². The van der Waals surface area contributed by atoms with Gasteiger partial charge in [0, 0.05) is 25.2 Å². The summed E-state index contributed by atoms with van der Waals surface area (Å²) in [5, 5.41) is 0. The second kappa shape index (κ2) is 6.76.